The molecule has 1 aromatic rings. The minimum atomic E-state index is -0.592. The smallest absolute Gasteiger partial charge is 0.332 e. The molecule has 2 amide bonds. The molecule has 1 aliphatic rings. The molecule has 1 N–H and O–H groups in total. The van der Waals surface area contributed by atoms with Gasteiger partial charge in [-0.25, -0.2) is 4.79 Å². The first-order chi connectivity index (χ1) is 11.0. The Kier molecular flexibility index (Phi) is 5.70. The zero-order chi connectivity index (χ0) is 16.8. The number of carbonyl (C=O) groups is 3. The van der Waals surface area contributed by atoms with Crippen LogP contribution in [0.2, 0.25) is 0 Å². The van der Waals surface area contributed by atoms with Gasteiger partial charge < -0.3 is 19.7 Å². The monoisotopic (exact) mass is 320 g/mol. The predicted octanol–water partition coefficient (Wildman–Crippen LogP) is 1.33. The molecule has 0 spiro atoms. The molecule has 0 bridgehead atoms. The lowest BCUT2D eigenvalue weighted by Crippen LogP contribution is -2.41. The Morgan fingerprint density at radius 3 is 2.78 bits per heavy atom. The fourth-order valence-corrected chi connectivity index (χ4v) is 2.41. The molecule has 124 valence electrons. The van der Waals surface area contributed by atoms with E-state index in [0.29, 0.717) is 18.0 Å². The van der Waals surface area contributed by atoms with E-state index in [-0.39, 0.29) is 30.9 Å². The number of esters is 1. The van der Waals surface area contributed by atoms with E-state index in [1.165, 1.54) is 4.90 Å². The summed E-state index contributed by atoms with van der Waals surface area (Å²) in [6.07, 6.45) is 0.174. The molecule has 0 saturated heterocycles. The highest BCUT2D eigenvalue weighted by atomic mass is 16.6. The summed E-state index contributed by atoms with van der Waals surface area (Å²) in [5.41, 5.74) is 1.16. The highest BCUT2D eigenvalue weighted by Gasteiger charge is 2.29. The van der Waals surface area contributed by atoms with Crippen LogP contribution in [0.25, 0.3) is 0 Å². The van der Waals surface area contributed by atoms with E-state index in [4.69, 9.17) is 9.47 Å². The van der Waals surface area contributed by atoms with Gasteiger partial charge in [0.05, 0.1) is 11.4 Å². The zero-order valence-electron chi connectivity index (χ0n) is 13.2. The number of amides is 2. The number of hydrogen-bond donors (Lipinski definition) is 1. The lowest BCUT2D eigenvalue weighted by atomic mass is 10.1. The maximum atomic E-state index is 12.5. The van der Waals surface area contributed by atoms with Crippen molar-refractivity contribution in [3.05, 3.63) is 24.3 Å². The summed E-state index contributed by atoms with van der Waals surface area (Å²) >= 11 is 0. The maximum Gasteiger partial charge on any atom is 0.332 e. The summed E-state index contributed by atoms with van der Waals surface area (Å²) in [5.74, 6) is -1.13. The minimum Gasteiger partial charge on any atom is -0.454 e. The van der Waals surface area contributed by atoms with Gasteiger partial charge >= 0.3 is 5.97 Å². The van der Waals surface area contributed by atoms with E-state index < -0.39 is 12.6 Å². The summed E-state index contributed by atoms with van der Waals surface area (Å²) in [7, 11) is 0. The first-order valence-electron chi connectivity index (χ1n) is 7.47. The topological polar surface area (TPSA) is 84.9 Å². The third-order valence-electron chi connectivity index (χ3n) is 3.41. The fourth-order valence-electron chi connectivity index (χ4n) is 2.41. The largest absolute Gasteiger partial charge is 0.454 e. The van der Waals surface area contributed by atoms with Crippen LogP contribution in [-0.2, 0) is 23.9 Å². The van der Waals surface area contributed by atoms with E-state index in [2.05, 4.69) is 5.32 Å². The van der Waals surface area contributed by atoms with Crippen molar-refractivity contribution < 1.29 is 23.9 Å². The van der Waals surface area contributed by atoms with Crippen LogP contribution in [0.15, 0.2) is 24.3 Å². The van der Waals surface area contributed by atoms with Gasteiger partial charge in [0.2, 0.25) is 5.91 Å². The first-order valence-corrected chi connectivity index (χ1v) is 7.47. The second-order valence-corrected chi connectivity index (χ2v) is 5.18. The summed E-state index contributed by atoms with van der Waals surface area (Å²) in [6, 6.07) is 6.70. The van der Waals surface area contributed by atoms with E-state index in [1.807, 2.05) is 0 Å². The number of benzene rings is 1. The molecule has 1 heterocycles. The second kappa shape index (κ2) is 7.73. The second-order valence-electron chi connectivity index (χ2n) is 5.18. The number of anilines is 2. The van der Waals surface area contributed by atoms with Crippen LogP contribution >= 0.6 is 0 Å². The standard InChI is InChI=1S/C16H20N2O5/c1-3-22-10-16(21)23-9-15(20)18-11(2)8-14(19)17-12-6-4-5-7-13(12)18/h4-7,11H,3,8-10H2,1-2H3,(H,17,19)/t11-/m1/s1. The number of rotatable bonds is 5. The van der Waals surface area contributed by atoms with Crippen LogP contribution in [0.4, 0.5) is 11.4 Å². The van der Waals surface area contributed by atoms with Crippen molar-refractivity contribution in [2.75, 3.05) is 30.0 Å². The summed E-state index contributed by atoms with van der Waals surface area (Å²) < 4.78 is 9.86. The quantitative estimate of drug-likeness (QED) is 0.827. The Bertz CT molecular complexity index is 602. The zero-order valence-corrected chi connectivity index (χ0v) is 13.2. The molecule has 7 nitrogen and oxygen atoms in total. The molecule has 23 heavy (non-hydrogen) atoms. The van der Waals surface area contributed by atoms with E-state index in [1.54, 1.807) is 38.1 Å². The van der Waals surface area contributed by atoms with Gasteiger partial charge in [0.25, 0.3) is 5.91 Å². The molecule has 0 aliphatic carbocycles. The van der Waals surface area contributed by atoms with Gasteiger partial charge in [0.1, 0.15) is 6.61 Å². The molecule has 2 rings (SSSR count). The van der Waals surface area contributed by atoms with Crippen molar-refractivity contribution in [2.45, 2.75) is 26.3 Å². The van der Waals surface area contributed by atoms with Crippen LogP contribution in [0.5, 0.6) is 0 Å². The number of nitrogens with zero attached hydrogens (tertiary/aromatic N) is 1. The van der Waals surface area contributed by atoms with Gasteiger partial charge in [-0.3, -0.25) is 9.59 Å². The molecular weight excluding hydrogens is 300 g/mol. The SMILES string of the molecule is CCOCC(=O)OCC(=O)N1c2ccccc2NC(=O)C[C@H]1C. The molecule has 0 radical (unpaired) electrons. The van der Waals surface area contributed by atoms with Gasteiger partial charge in [-0.15, -0.1) is 0 Å². The molecule has 1 atom stereocenters. The van der Waals surface area contributed by atoms with Gasteiger partial charge in [-0.2, -0.15) is 0 Å². The van der Waals surface area contributed by atoms with Crippen LogP contribution in [-0.4, -0.2) is 43.6 Å². The van der Waals surface area contributed by atoms with Crippen LogP contribution in [0.3, 0.4) is 0 Å². The molecule has 0 saturated carbocycles. The average Bonchev–Trinajstić information content (AvgIpc) is 2.64. The lowest BCUT2D eigenvalue weighted by Gasteiger charge is -2.27. The van der Waals surface area contributed by atoms with E-state index >= 15 is 0 Å². The number of ether oxygens (including phenoxy) is 2. The number of nitrogens with one attached hydrogen (secondary N) is 1. The maximum absolute atomic E-state index is 12.5. The lowest BCUT2D eigenvalue weighted by molar-refractivity contribution is -0.152. The predicted molar refractivity (Wildman–Crippen MR) is 84.1 cm³/mol. The normalized spacial score (nSPS) is 17.0. The molecule has 0 fully saturated rings. The van der Waals surface area contributed by atoms with Crippen molar-refractivity contribution in [2.24, 2.45) is 0 Å². The highest BCUT2D eigenvalue weighted by Crippen LogP contribution is 2.31. The number of para-hydroxylation sites is 2. The average molecular weight is 320 g/mol. The first kappa shape index (κ1) is 17.0. The van der Waals surface area contributed by atoms with Crippen molar-refractivity contribution in [1.29, 1.82) is 0 Å². The van der Waals surface area contributed by atoms with Crippen molar-refractivity contribution in [1.82, 2.24) is 0 Å². The Morgan fingerprint density at radius 2 is 2.04 bits per heavy atom. The van der Waals surface area contributed by atoms with Crippen molar-refractivity contribution in [3.8, 4) is 0 Å². The Balaban J connectivity index is 2.11. The molecule has 1 aromatic carbocycles. The molecule has 0 unspecified atom stereocenters. The Hall–Kier alpha value is -2.41. The third kappa shape index (κ3) is 4.29. The van der Waals surface area contributed by atoms with Crippen LogP contribution in [0, 0.1) is 0 Å². The van der Waals surface area contributed by atoms with Crippen molar-refractivity contribution >= 4 is 29.2 Å². The Morgan fingerprint density at radius 1 is 1.30 bits per heavy atom. The summed E-state index contributed by atoms with van der Waals surface area (Å²) in [6.45, 7) is 3.36. The summed E-state index contributed by atoms with van der Waals surface area (Å²) in [5, 5.41) is 2.77. The number of carbonyl (C=O) groups excluding carboxylic acids is 3. The molecule has 7 heteroatoms. The highest BCUT2D eigenvalue weighted by molar-refractivity contribution is 6.05. The van der Waals surface area contributed by atoms with Gasteiger partial charge in [-0.05, 0) is 26.0 Å². The van der Waals surface area contributed by atoms with Crippen molar-refractivity contribution in [3.63, 3.8) is 0 Å². The molecular formula is C16H20N2O5. The van der Waals surface area contributed by atoms with Crippen LogP contribution < -0.4 is 10.2 Å². The third-order valence-corrected chi connectivity index (χ3v) is 3.41. The number of hydrogen-bond acceptors (Lipinski definition) is 5. The number of fused-ring (bicyclic) bond motifs is 1. The molecule has 0 aromatic heterocycles. The Labute approximate surface area is 134 Å². The molecule has 1 aliphatic heterocycles. The minimum absolute atomic E-state index is 0.159. The van der Waals surface area contributed by atoms with Gasteiger partial charge in [0.15, 0.2) is 6.61 Å². The van der Waals surface area contributed by atoms with Gasteiger partial charge in [-0.1, -0.05) is 12.1 Å². The van der Waals surface area contributed by atoms with E-state index in [9.17, 15) is 14.4 Å². The van der Waals surface area contributed by atoms with Gasteiger partial charge in [0, 0.05) is 19.1 Å². The fraction of sp³-hybridized carbons (Fsp3) is 0.438. The summed E-state index contributed by atoms with van der Waals surface area (Å²) in [4.78, 5) is 37.3. The van der Waals surface area contributed by atoms with E-state index in [0.717, 1.165) is 0 Å². The van der Waals surface area contributed by atoms with Crippen LogP contribution in [0.1, 0.15) is 20.3 Å².